The zero-order valence-electron chi connectivity index (χ0n) is 12.0. The van der Waals surface area contributed by atoms with Crippen LogP contribution in [0.3, 0.4) is 0 Å². The van der Waals surface area contributed by atoms with Crippen LogP contribution in [0.15, 0.2) is 10.9 Å². The van der Waals surface area contributed by atoms with E-state index < -0.39 is 5.97 Å². The summed E-state index contributed by atoms with van der Waals surface area (Å²) in [5.74, 6) is -0.995. The number of aromatic carboxylic acids is 1. The molecule has 0 atom stereocenters. The van der Waals surface area contributed by atoms with Crippen molar-refractivity contribution >= 4 is 5.97 Å². The Hall–Kier alpha value is -1.62. The van der Waals surface area contributed by atoms with Crippen molar-refractivity contribution in [3.8, 4) is 0 Å². The van der Waals surface area contributed by atoms with E-state index in [0.29, 0.717) is 30.5 Å². The number of aryl methyl sites for hydroxylation is 1. The van der Waals surface area contributed by atoms with Crippen LogP contribution in [0, 0.1) is 13.8 Å². The molecule has 1 fully saturated rings. The van der Waals surface area contributed by atoms with E-state index in [0.717, 1.165) is 12.8 Å². The number of carboxylic acids is 1. The number of nitrogens with zero attached hydrogens (tertiary/aromatic N) is 1. The molecule has 5 nitrogen and oxygen atoms in total. The third-order valence-electron chi connectivity index (χ3n) is 3.95. The van der Waals surface area contributed by atoms with Crippen LogP contribution in [0.25, 0.3) is 0 Å². The van der Waals surface area contributed by atoms with Gasteiger partial charge in [0, 0.05) is 18.3 Å². The Morgan fingerprint density at radius 1 is 1.40 bits per heavy atom. The molecule has 5 heteroatoms. The van der Waals surface area contributed by atoms with Crippen LogP contribution in [0.4, 0.5) is 0 Å². The molecule has 1 saturated carbocycles. The van der Waals surface area contributed by atoms with Gasteiger partial charge in [0.1, 0.15) is 0 Å². The second kappa shape index (κ2) is 6.22. The van der Waals surface area contributed by atoms with E-state index in [9.17, 15) is 14.7 Å². The number of rotatable bonds is 5. The second-order valence-corrected chi connectivity index (χ2v) is 5.36. The Balaban J connectivity index is 2.12. The monoisotopic (exact) mass is 279 g/mol. The van der Waals surface area contributed by atoms with Crippen LogP contribution in [0.2, 0.25) is 0 Å². The fourth-order valence-electron chi connectivity index (χ4n) is 2.89. The lowest BCUT2D eigenvalue weighted by atomic mass is 10.1. The topological polar surface area (TPSA) is 68.5 Å². The van der Waals surface area contributed by atoms with Crippen molar-refractivity contribution in [2.24, 2.45) is 0 Å². The fourth-order valence-corrected chi connectivity index (χ4v) is 2.89. The van der Waals surface area contributed by atoms with Gasteiger partial charge < -0.3 is 14.4 Å². The summed E-state index contributed by atoms with van der Waals surface area (Å²) in [6.45, 7) is 4.18. The molecule has 1 N–H and O–H groups in total. The van der Waals surface area contributed by atoms with Gasteiger partial charge >= 0.3 is 5.97 Å². The fraction of sp³-hybridized carbons (Fsp3) is 0.600. The molecule has 0 aromatic carbocycles. The van der Waals surface area contributed by atoms with Crippen molar-refractivity contribution < 1.29 is 14.6 Å². The lowest BCUT2D eigenvalue weighted by Gasteiger charge is -2.16. The van der Waals surface area contributed by atoms with Crippen LogP contribution in [-0.2, 0) is 11.3 Å². The summed E-state index contributed by atoms with van der Waals surface area (Å²) in [6.07, 6.45) is 4.88. The summed E-state index contributed by atoms with van der Waals surface area (Å²) in [4.78, 5) is 23.2. The standard InChI is InChI=1S/C15H21NO4/c1-10-9-13(17)16(11(2)14(10)15(18)19)7-8-20-12-5-3-4-6-12/h9,12H,3-8H2,1-2H3,(H,18,19). The lowest BCUT2D eigenvalue weighted by Crippen LogP contribution is -2.28. The van der Waals surface area contributed by atoms with Crippen molar-refractivity contribution in [2.75, 3.05) is 6.61 Å². The molecular formula is C15H21NO4. The molecule has 0 saturated heterocycles. The van der Waals surface area contributed by atoms with Crippen LogP contribution in [0.5, 0.6) is 0 Å². The average molecular weight is 279 g/mol. The van der Waals surface area contributed by atoms with E-state index in [1.807, 2.05) is 0 Å². The Labute approximate surface area is 118 Å². The van der Waals surface area contributed by atoms with Crippen molar-refractivity contribution in [3.63, 3.8) is 0 Å². The van der Waals surface area contributed by atoms with Crippen molar-refractivity contribution in [1.82, 2.24) is 4.57 Å². The first-order valence-corrected chi connectivity index (χ1v) is 7.06. The summed E-state index contributed by atoms with van der Waals surface area (Å²) < 4.78 is 7.23. The summed E-state index contributed by atoms with van der Waals surface area (Å²) in [5.41, 5.74) is 1.05. The van der Waals surface area contributed by atoms with Crippen LogP contribution >= 0.6 is 0 Å². The number of hydrogen-bond donors (Lipinski definition) is 1. The third-order valence-corrected chi connectivity index (χ3v) is 3.95. The highest BCUT2D eigenvalue weighted by atomic mass is 16.5. The lowest BCUT2D eigenvalue weighted by molar-refractivity contribution is 0.0520. The van der Waals surface area contributed by atoms with Crippen molar-refractivity contribution in [1.29, 1.82) is 0 Å². The molecule has 1 aliphatic rings. The molecule has 0 bridgehead atoms. The van der Waals surface area contributed by atoms with Gasteiger partial charge in [-0.15, -0.1) is 0 Å². The zero-order chi connectivity index (χ0) is 14.7. The van der Waals surface area contributed by atoms with Crippen LogP contribution in [-0.4, -0.2) is 28.4 Å². The minimum atomic E-state index is -0.995. The van der Waals surface area contributed by atoms with Gasteiger partial charge in [-0.05, 0) is 32.3 Å². The predicted octanol–water partition coefficient (Wildman–Crippen LogP) is 2.12. The first-order valence-electron chi connectivity index (χ1n) is 7.06. The molecule has 110 valence electrons. The van der Waals surface area contributed by atoms with Crippen molar-refractivity contribution in [2.45, 2.75) is 52.2 Å². The average Bonchev–Trinajstić information content (AvgIpc) is 2.85. The number of ether oxygens (including phenoxy) is 1. The number of carbonyl (C=O) groups is 1. The molecule has 0 spiro atoms. The number of aromatic nitrogens is 1. The molecule has 20 heavy (non-hydrogen) atoms. The molecule has 1 heterocycles. The quantitative estimate of drug-likeness (QED) is 0.896. The van der Waals surface area contributed by atoms with Crippen LogP contribution < -0.4 is 5.56 Å². The molecule has 1 aromatic heterocycles. The highest BCUT2D eigenvalue weighted by Gasteiger charge is 2.17. The molecule has 0 unspecified atom stereocenters. The molecule has 1 aromatic rings. The first-order chi connectivity index (χ1) is 9.50. The Morgan fingerprint density at radius 2 is 2.05 bits per heavy atom. The normalized spacial score (nSPS) is 15.7. The highest BCUT2D eigenvalue weighted by Crippen LogP contribution is 2.20. The van der Waals surface area contributed by atoms with Gasteiger partial charge in [0.2, 0.25) is 0 Å². The smallest absolute Gasteiger partial charge is 0.337 e. The van der Waals surface area contributed by atoms with E-state index >= 15 is 0 Å². The SMILES string of the molecule is Cc1cc(=O)n(CCOC2CCCC2)c(C)c1C(=O)O. The van der Waals surface area contributed by atoms with Gasteiger partial charge in [-0.2, -0.15) is 0 Å². The molecule has 0 aliphatic heterocycles. The summed E-state index contributed by atoms with van der Waals surface area (Å²) in [5, 5.41) is 9.21. The van der Waals surface area contributed by atoms with E-state index in [4.69, 9.17) is 4.74 Å². The maximum absolute atomic E-state index is 12.0. The van der Waals surface area contributed by atoms with Gasteiger partial charge in [0.25, 0.3) is 5.56 Å². The maximum Gasteiger partial charge on any atom is 0.337 e. The van der Waals surface area contributed by atoms with Gasteiger partial charge in [0.05, 0.1) is 18.3 Å². The highest BCUT2D eigenvalue weighted by molar-refractivity contribution is 5.90. The Morgan fingerprint density at radius 3 is 2.65 bits per heavy atom. The van der Waals surface area contributed by atoms with E-state index in [2.05, 4.69) is 0 Å². The number of hydrogen-bond acceptors (Lipinski definition) is 3. The van der Waals surface area contributed by atoms with Gasteiger partial charge in [-0.3, -0.25) is 4.79 Å². The minimum absolute atomic E-state index is 0.167. The van der Waals surface area contributed by atoms with E-state index in [1.54, 1.807) is 13.8 Å². The maximum atomic E-state index is 12.0. The van der Waals surface area contributed by atoms with Crippen molar-refractivity contribution in [3.05, 3.63) is 33.2 Å². The summed E-state index contributed by atoms with van der Waals surface area (Å²) in [7, 11) is 0. The second-order valence-electron chi connectivity index (χ2n) is 5.36. The van der Waals surface area contributed by atoms with Gasteiger partial charge in [-0.25, -0.2) is 4.79 Å². The zero-order valence-corrected chi connectivity index (χ0v) is 12.0. The molecule has 0 amide bonds. The van der Waals surface area contributed by atoms with Gasteiger partial charge in [0.15, 0.2) is 0 Å². The minimum Gasteiger partial charge on any atom is -0.478 e. The molecule has 1 aliphatic carbocycles. The first kappa shape index (κ1) is 14.8. The largest absolute Gasteiger partial charge is 0.478 e. The Kier molecular flexibility index (Phi) is 4.60. The van der Waals surface area contributed by atoms with Gasteiger partial charge in [-0.1, -0.05) is 12.8 Å². The Bertz CT molecular complexity index is 556. The molecular weight excluding hydrogens is 258 g/mol. The number of pyridine rings is 1. The number of carboxylic acid groups (broad SMARTS) is 1. The summed E-state index contributed by atoms with van der Waals surface area (Å²) in [6, 6.07) is 1.38. The summed E-state index contributed by atoms with van der Waals surface area (Å²) >= 11 is 0. The van der Waals surface area contributed by atoms with E-state index in [-0.39, 0.29) is 11.1 Å². The molecule has 2 rings (SSSR count). The van der Waals surface area contributed by atoms with Crippen LogP contribution in [0.1, 0.15) is 47.3 Å². The van der Waals surface area contributed by atoms with E-state index in [1.165, 1.54) is 23.5 Å². The predicted molar refractivity (Wildman–Crippen MR) is 75.3 cm³/mol. The molecule has 0 radical (unpaired) electrons. The third kappa shape index (κ3) is 3.10.